The van der Waals surface area contributed by atoms with Crippen molar-refractivity contribution in [1.29, 1.82) is 0 Å². The van der Waals surface area contributed by atoms with Crippen molar-refractivity contribution in [3.63, 3.8) is 0 Å². The SMILES string of the molecule is CCOC(=O)CCCCCCCOc1cc(O)c2c(=O)c(O)c(-c3cc(O)c(O)c(O)c3)oc2c1. The number of ether oxygens (including phenoxy) is 2. The number of benzene rings is 2. The average molecular weight is 488 g/mol. The topological polar surface area (TPSA) is 167 Å². The van der Waals surface area contributed by atoms with Crippen LogP contribution in [0, 0.1) is 0 Å². The number of carbonyl (C=O) groups is 1. The normalized spacial score (nSPS) is 11.0. The van der Waals surface area contributed by atoms with E-state index in [1.54, 1.807) is 6.92 Å². The van der Waals surface area contributed by atoms with E-state index in [1.165, 1.54) is 12.1 Å². The van der Waals surface area contributed by atoms with Gasteiger partial charge in [-0.1, -0.05) is 19.3 Å². The Bertz CT molecular complexity index is 1240. The molecule has 0 bridgehead atoms. The van der Waals surface area contributed by atoms with Crippen LogP contribution in [-0.2, 0) is 9.53 Å². The van der Waals surface area contributed by atoms with Crippen LogP contribution in [0.2, 0.25) is 0 Å². The second-order valence-corrected chi connectivity index (χ2v) is 7.96. The molecule has 0 saturated carbocycles. The molecule has 5 N–H and O–H groups in total. The number of rotatable bonds is 11. The summed E-state index contributed by atoms with van der Waals surface area (Å²) in [6.07, 6.45) is 4.61. The molecule has 0 unspecified atom stereocenters. The molecular formula is C25H28O10. The van der Waals surface area contributed by atoms with Gasteiger partial charge in [0, 0.05) is 24.1 Å². The predicted molar refractivity (Wildman–Crippen MR) is 126 cm³/mol. The molecule has 0 spiro atoms. The Morgan fingerprint density at radius 1 is 0.857 bits per heavy atom. The lowest BCUT2D eigenvalue weighted by atomic mass is 10.1. The highest BCUT2D eigenvalue weighted by molar-refractivity contribution is 5.88. The molecule has 1 aromatic heterocycles. The summed E-state index contributed by atoms with van der Waals surface area (Å²) in [5.41, 5.74) is -1.06. The van der Waals surface area contributed by atoms with E-state index in [0.717, 1.165) is 44.2 Å². The van der Waals surface area contributed by atoms with Crippen molar-refractivity contribution in [3.8, 4) is 45.8 Å². The van der Waals surface area contributed by atoms with Crippen LogP contribution in [0.3, 0.4) is 0 Å². The molecule has 188 valence electrons. The van der Waals surface area contributed by atoms with Gasteiger partial charge in [-0.2, -0.15) is 0 Å². The van der Waals surface area contributed by atoms with Crippen molar-refractivity contribution < 1.29 is 44.2 Å². The van der Waals surface area contributed by atoms with Crippen molar-refractivity contribution >= 4 is 16.9 Å². The summed E-state index contributed by atoms with van der Waals surface area (Å²) < 4.78 is 16.2. The lowest BCUT2D eigenvalue weighted by molar-refractivity contribution is -0.143. The fourth-order valence-corrected chi connectivity index (χ4v) is 3.60. The fraction of sp³-hybridized carbons (Fsp3) is 0.360. The molecule has 1 heterocycles. The van der Waals surface area contributed by atoms with Gasteiger partial charge in [-0.3, -0.25) is 9.59 Å². The maximum Gasteiger partial charge on any atom is 0.305 e. The summed E-state index contributed by atoms with van der Waals surface area (Å²) in [4.78, 5) is 23.9. The van der Waals surface area contributed by atoms with Gasteiger partial charge in [0.2, 0.25) is 11.2 Å². The van der Waals surface area contributed by atoms with Crippen LogP contribution in [0.1, 0.15) is 45.4 Å². The molecule has 0 aliphatic heterocycles. The summed E-state index contributed by atoms with van der Waals surface area (Å²) >= 11 is 0. The van der Waals surface area contributed by atoms with Crippen molar-refractivity contribution in [3.05, 3.63) is 34.5 Å². The minimum Gasteiger partial charge on any atom is -0.507 e. The average Bonchev–Trinajstić information content (AvgIpc) is 2.81. The van der Waals surface area contributed by atoms with Gasteiger partial charge >= 0.3 is 5.97 Å². The molecule has 0 radical (unpaired) electrons. The van der Waals surface area contributed by atoms with Crippen molar-refractivity contribution in [2.24, 2.45) is 0 Å². The largest absolute Gasteiger partial charge is 0.507 e. The number of phenolic OH excluding ortho intramolecular Hbond substituents is 4. The maximum absolute atomic E-state index is 12.6. The molecule has 0 fully saturated rings. The smallest absolute Gasteiger partial charge is 0.305 e. The molecule has 0 aliphatic carbocycles. The molecule has 2 aromatic carbocycles. The third-order valence-corrected chi connectivity index (χ3v) is 5.36. The monoisotopic (exact) mass is 488 g/mol. The molecule has 0 saturated heterocycles. The summed E-state index contributed by atoms with van der Waals surface area (Å²) in [7, 11) is 0. The van der Waals surface area contributed by atoms with E-state index >= 15 is 0 Å². The van der Waals surface area contributed by atoms with Crippen molar-refractivity contribution in [1.82, 2.24) is 0 Å². The van der Waals surface area contributed by atoms with E-state index in [0.29, 0.717) is 19.6 Å². The number of hydrogen-bond acceptors (Lipinski definition) is 10. The van der Waals surface area contributed by atoms with Gasteiger partial charge in [0.25, 0.3) is 0 Å². The first-order valence-electron chi connectivity index (χ1n) is 11.3. The molecule has 0 atom stereocenters. The first-order chi connectivity index (χ1) is 16.7. The highest BCUT2D eigenvalue weighted by atomic mass is 16.5. The molecular weight excluding hydrogens is 460 g/mol. The predicted octanol–water partition coefficient (Wildman–Crippen LogP) is 4.27. The van der Waals surface area contributed by atoms with Crippen molar-refractivity contribution in [2.45, 2.75) is 45.4 Å². The zero-order valence-corrected chi connectivity index (χ0v) is 19.2. The van der Waals surface area contributed by atoms with E-state index in [9.17, 15) is 35.1 Å². The molecule has 3 aromatic rings. The van der Waals surface area contributed by atoms with Crippen LogP contribution in [0.4, 0.5) is 0 Å². The highest BCUT2D eigenvalue weighted by Crippen LogP contribution is 2.42. The number of carbonyl (C=O) groups excluding carboxylic acids is 1. The van der Waals surface area contributed by atoms with Gasteiger partial charge in [0.1, 0.15) is 22.5 Å². The molecule has 0 aliphatic rings. The van der Waals surface area contributed by atoms with Crippen LogP contribution >= 0.6 is 0 Å². The number of hydrogen-bond donors (Lipinski definition) is 5. The summed E-state index contributed by atoms with van der Waals surface area (Å²) in [6.45, 7) is 2.50. The Balaban J connectivity index is 1.68. The summed E-state index contributed by atoms with van der Waals surface area (Å²) in [6, 6.07) is 4.65. The summed E-state index contributed by atoms with van der Waals surface area (Å²) in [5.74, 6) is -3.71. The Labute approximate surface area is 200 Å². The first-order valence-corrected chi connectivity index (χ1v) is 11.3. The van der Waals surface area contributed by atoms with E-state index < -0.39 is 34.2 Å². The van der Waals surface area contributed by atoms with Gasteiger partial charge in [-0.15, -0.1) is 0 Å². The second-order valence-electron chi connectivity index (χ2n) is 7.96. The van der Waals surface area contributed by atoms with Crippen LogP contribution in [0.5, 0.6) is 34.5 Å². The van der Waals surface area contributed by atoms with E-state index in [1.807, 2.05) is 0 Å². The minimum absolute atomic E-state index is 0.0666. The molecule has 0 amide bonds. The zero-order chi connectivity index (χ0) is 25.5. The summed E-state index contributed by atoms with van der Waals surface area (Å²) in [5, 5.41) is 49.4. The van der Waals surface area contributed by atoms with Crippen LogP contribution in [0.25, 0.3) is 22.3 Å². The van der Waals surface area contributed by atoms with E-state index in [4.69, 9.17) is 13.9 Å². The van der Waals surface area contributed by atoms with E-state index in [-0.39, 0.29) is 34.0 Å². The number of aromatic hydroxyl groups is 5. The lowest BCUT2D eigenvalue weighted by Crippen LogP contribution is -2.04. The number of unbranched alkanes of at least 4 members (excludes halogenated alkanes) is 4. The Morgan fingerprint density at radius 2 is 1.51 bits per heavy atom. The number of esters is 1. The fourth-order valence-electron chi connectivity index (χ4n) is 3.60. The molecule has 35 heavy (non-hydrogen) atoms. The third-order valence-electron chi connectivity index (χ3n) is 5.36. The lowest BCUT2D eigenvalue weighted by Gasteiger charge is -2.11. The standard InChI is InChI=1S/C25H28O10/c1-2-33-20(29)8-6-4-3-5-7-9-34-15-12-16(26)21-19(13-15)35-25(24(32)23(21)31)14-10-17(27)22(30)18(28)11-14/h10-13,26-28,30,32H,2-9H2,1H3. The van der Waals surface area contributed by atoms with Gasteiger partial charge < -0.3 is 39.4 Å². The second kappa shape index (κ2) is 11.4. The molecule has 10 heteroatoms. The van der Waals surface area contributed by atoms with Gasteiger partial charge in [-0.05, 0) is 31.9 Å². The zero-order valence-electron chi connectivity index (χ0n) is 19.2. The van der Waals surface area contributed by atoms with Crippen LogP contribution in [-0.4, -0.2) is 44.7 Å². The Kier molecular flexibility index (Phi) is 8.30. The van der Waals surface area contributed by atoms with Crippen LogP contribution < -0.4 is 10.2 Å². The first kappa shape index (κ1) is 25.5. The van der Waals surface area contributed by atoms with Gasteiger partial charge in [0.15, 0.2) is 23.0 Å². The molecule has 3 rings (SSSR count). The van der Waals surface area contributed by atoms with Gasteiger partial charge in [-0.25, -0.2) is 0 Å². The third kappa shape index (κ3) is 6.08. The Hall–Kier alpha value is -4.08. The van der Waals surface area contributed by atoms with Crippen LogP contribution in [0.15, 0.2) is 33.5 Å². The quantitative estimate of drug-likeness (QED) is 0.149. The minimum atomic E-state index is -0.917. The van der Waals surface area contributed by atoms with Crippen molar-refractivity contribution in [2.75, 3.05) is 13.2 Å². The van der Waals surface area contributed by atoms with Gasteiger partial charge in [0.05, 0.1) is 13.2 Å². The molecule has 10 nitrogen and oxygen atoms in total. The number of fused-ring (bicyclic) bond motifs is 1. The highest BCUT2D eigenvalue weighted by Gasteiger charge is 2.21. The maximum atomic E-state index is 12.6. The number of phenols is 4. The Morgan fingerprint density at radius 3 is 2.20 bits per heavy atom. The van der Waals surface area contributed by atoms with E-state index in [2.05, 4.69) is 0 Å².